The van der Waals surface area contributed by atoms with Gasteiger partial charge in [0.05, 0.1) is 28.5 Å². The van der Waals surface area contributed by atoms with E-state index in [0.29, 0.717) is 17.4 Å². The summed E-state index contributed by atoms with van der Waals surface area (Å²) in [6, 6.07) is 6.16. The predicted molar refractivity (Wildman–Crippen MR) is 154 cm³/mol. The Morgan fingerprint density at radius 3 is 2.52 bits per heavy atom. The number of amides is 2. The van der Waals surface area contributed by atoms with Crippen molar-refractivity contribution in [3.8, 4) is 11.5 Å². The molecule has 0 radical (unpaired) electrons. The summed E-state index contributed by atoms with van der Waals surface area (Å²) in [6.07, 6.45) is -1.86. The molecule has 1 saturated heterocycles. The number of fused-ring (bicyclic) bond motifs is 3. The second-order valence-corrected chi connectivity index (χ2v) is 12.1. The van der Waals surface area contributed by atoms with E-state index in [1.165, 1.54) is 32.4 Å². The van der Waals surface area contributed by atoms with Gasteiger partial charge in [-0.05, 0) is 65.0 Å². The normalized spacial score (nSPS) is 24.9. The number of rotatable bonds is 4. The number of pyridine rings is 1. The van der Waals surface area contributed by atoms with Gasteiger partial charge in [-0.3, -0.25) is 24.2 Å². The molecule has 1 N–H and O–H groups in total. The molecule has 1 aromatic heterocycles. The van der Waals surface area contributed by atoms with E-state index in [9.17, 15) is 37.5 Å². The second-order valence-electron chi connectivity index (χ2n) is 10.8. The Kier molecular flexibility index (Phi) is 7.23. The van der Waals surface area contributed by atoms with Gasteiger partial charge in [-0.1, -0.05) is 23.3 Å². The summed E-state index contributed by atoms with van der Waals surface area (Å²) >= 11 is 9.33. The van der Waals surface area contributed by atoms with Gasteiger partial charge in [0.1, 0.15) is 17.2 Å². The number of phenols is 1. The summed E-state index contributed by atoms with van der Waals surface area (Å²) in [5.74, 6) is -6.11. The lowest BCUT2D eigenvalue weighted by Gasteiger charge is -2.42. The van der Waals surface area contributed by atoms with Crippen LogP contribution in [0.15, 0.2) is 63.7 Å². The topological polar surface area (TPSA) is 117 Å². The van der Waals surface area contributed by atoms with Crippen molar-refractivity contribution < 1.29 is 42.2 Å². The number of benzene rings is 1. The second kappa shape index (κ2) is 10.6. The number of Topliss-reactive ketones (excluding diaryl/α,β-unsaturated/α-hetero) is 1. The molecule has 4 aliphatic rings. The molecule has 14 heteroatoms. The van der Waals surface area contributed by atoms with Crippen LogP contribution in [0.1, 0.15) is 30.0 Å². The van der Waals surface area contributed by atoms with Crippen molar-refractivity contribution in [3.05, 3.63) is 80.0 Å². The molecule has 0 bridgehead atoms. The molecule has 1 fully saturated rings. The first-order valence-corrected chi connectivity index (χ1v) is 14.5. The Balaban J connectivity index is 1.45. The number of nitrogens with zero attached hydrogens (tertiary/aromatic N) is 3. The fourth-order valence-electron chi connectivity index (χ4n) is 6.64. The van der Waals surface area contributed by atoms with Crippen LogP contribution in [0.5, 0.6) is 11.5 Å². The number of hydrogen-bond acceptors (Lipinski definition) is 8. The quantitative estimate of drug-likeness (QED) is 0.262. The molecule has 6 rings (SSSR count). The average molecular weight is 693 g/mol. The molecule has 1 aliphatic heterocycles. The van der Waals surface area contributed by atoms with E-state index in [4.69, 9.17) is 16.3 Å². The van der Waals surface area contributed by atoms with Gasteiger partial charge in [-0.2, -0.15) is 18.2 Å². The number of alkyl halides is 3. The number of anilines is 1. The maximum absolute atomic E-state index is 14.1. The maximum Gasteiger partial charge on any atom is 0.433 e. The number of hydrazine groups is 1. The van der Waals surface area contributed by atoms with Crippen molar-refractivity contribution in [1.29, 1.82) is 0 Å². The monoisotopic (exact) mass is 691 g/mol. The lowest BCUT2D eigenvalue weighted by atomic mass is 9.59. The lowest BCUT2D eigenvalue weighted by molar-refractivity contribution is -0.141. The molecule has 0 spiro atoms. The summed E-state index contributed by atoms with van der Waals surface area (Å²) in [5, 5.41) is 12.4. The van der Waals surface area contributed by atoms with Crippen molar-refractivity contribution in [1.82, 2.24) is 9.99 Å². The van der Waals surface area contributed by atoms with Crippen molar-refractivity contribution in [2.75, 3.05) is 19.2 Å². The Hall–Kier alpha value is -3.97. The average Bonchev–Trinajstić information content (AvgIpc) is 3.24. The highest BCUT2D eigenvalue weighted by molar-refractivity contribution is 9.12. The van der Waals surface area contributed by atoms with E-state index in [1.807, 2.05) is 0 Å². The molecule has 0 saturated carbocycles. The van der Waals surface area contributed by atoms with Crippen molar-refractivity contribution in [3.63, 3.8) is 0 Å². The van der Waals surface area contributed by atoms with Crippen molar-refractivity contribution in [2.45, 2.75) is 24.9 Å². The minimum Gasteiger partial charge on any atom is -0.508 e. The number of ketones is 2. The smallest absolute Gasteiger partial charge is 0.433 e. The number of carbonyl (C=O) groups excluding carboxylic acids is 4. The van der Waals surface area contributed by atoms with E-state index in [0.717, 1.165) is 16.1 Å². The van der Waals surface area contributed by atoms with Crippen molar-refractivity contribution in [2.24, 2.45) is 17.8 Å². The minimum absolute atomic E-state index is 0.0371. The van der Waals surface area contributed by atoms with E-state index in [2.05, 4.69) is 20.9 Å². The van der Waals surface area contributed by atoms with E-state index >= 15 is 0 Å². The Morgan fingerprint density at radius 2 is 1.84 bits per heavy atom. The van der Waals surface area contributed by atoms with Crippen LogP contribution in [-0.4, -0.2) is 52.6 Å². The Morgan fingerprint density at radius 1 is 1.11 bits per heavy atom. The summed E-state index contributed by atoms with van der Waals surface area (Å²) < 4.78 is 45.7. The zero-order valence-electron chi connectivity index (χ0n) is 23.0. The van der Waals surface area contributed by atoms with Crippen LogP contribution in [0.25, 0.3) is 0 Å². The van der Waals surface area contributed by atoms with Crippen LogP contribution in [-0.2, 0) is 25.4 Å². The molecular formula is C30H22BrClF3N3O6. The Labute approximate surface area is 261 Å². The molecule has 2 amide bonds. The van der Waals surface area contributed by atoms with Crippen LogP contribution >= 0.6 is 27.5 Å². The minimum atomic E-state index is -4.80. The van der Waals surface area contributed by atoms with Crippen LogP contribution in [0.2, 0.25) is 5.02 Å². The number of phenolic OH excluding ortho intramolecular Hbond substituents is 1. The largest absolute Gasteiger partial charge is 0.508 e. The molecule has 3 aliphatic carbocycles. The summed E-state index contributed by atoms with van der Waals surface area (Å²) in [4.78, 5) is 58.2. The van der Waals surface area contributed by atoms with Crippen LogP contribution in [0, 0.1) is 17.8 Å². The van der Waals surface area contributed by atoms with E-state index in [-0.39, 0.29) is 44.8 Å². The number of methoxy groups -OCH3 is 1. The highest BCUT2D eigenvalue weighted by Gasteiger charge is 2.58. The standard InChI is InChI=1S/C30H22BrClF3N3O6/c1-37(27-19(32)6-8-22(36-27)30(33,34)35)38-28(42)14-5-4-13-15(24(14)29(38)43)10-17-25(21(40)11-18(31)26(17)41)23(13)16-9-12(44-2)3-7-20(16)39/h3-4,6-9,11,14-15,23-24,39H,5,10H2,1-2H3/t14-,15+,23+,24-/m0/s1. The number of hydrogen-bond donors (Lipinski definition) is 1. The molecule has 9 nitrogen and oxygen atoms in total. The SMILES string of the molecule is COc1ccc(O)c([C@H]2C3=CC[C@@H]4C(=O)N(N(C)c5nc(C(F)(F)F)ccc5Cl)C(=O)[C@@H]4[C@@H]3CC3=C2C(=O)C=C(Br)C3=O)c1. The number of aromatic hydroxyl groups is 1. The molecule has 0 unspecified atom stereocenters. The number of ether oxygens (including phenoxy) is 1. The van der Waals surface area contributed by atoms with Crippen LogP contribution in [0.3, 0.4) is 0 Å². The third kappa shape index (κ3) is 4.55. The zero-order valence-corrected chi connectivity index (χ0v) is 25.3. The zero-order chi connectivity index (χ0) is 31.8. The summed E-state index contributed by atoms with van der Waals surface area (Å²) in [7, 11) is 2.66. The third-order valence-electron chi connectivity index (χ3n) is 8.58. The maximum atomic E-state index is 14.1. The van der Waals surface area contributed by atoms with Gasteiger partial charge in [-0.15, -0.1) is 0 Å². The van der Waals surface area contributed by atoms with Gasteiger partial charge in [0.15, 0.2) is 17.4 Å². The van der Waals surface area contributed by atoms with Gasteiger partial charge in [-0.25, -0.2) is 4.98 Å². The molecule has 2 aromatic rings. The first kappa shape index (κ1) is 30.1. The molecule has 228 valence electrons. The molecule has 44 heavy (non-hydrogen) atoms. The van der Waals surface area contributed by atoms with Crippen LogP contribution in [0.4, 0.5) is 19.0 Å². The van der Waals surface area contributed by atoms with Gasteiger partial charge in [0.2, 0.25) is 0 Å². The molecule has 1 aromatic carbocycles. The number of aromatic nitrogens is 1. The fraction of sp³-hybridized carbons (Fsp3) is 0.300. The van der Waals surface area contributed by atoms with Crippen molar-refractivity contribution >= 4 is 56.7 Å². The Bertz CT molecular complexity index is 1770. The van der Waals surface area contributed by atoms with Gasteiger partial charge in [0, 0.05) is 35.8 Å². The number of carbonyl (C=O) groups is 4. The summed E-state index contributed by atoms with van der Waals surface area (Å²) in [6.45, 7) is 0. The fourth-order valence-corrected chi connectivity index (χ4v) is 7.32. The summed E-state index contributed by atoms with van der Waals surface area (Å²) in [5.41, 5.74) is -0.0926. The number of imide groups is 1. The van der Waals surface area contributed by atoms with Gasteiger partial charge >= 0.3 is 6.18 Å². The van der Waals surface area contributed by atoms with E-state index in [1.54, 1.807) is 12.1 Å². The predicted octanol–water partition coefficient (Wildman–Crippen LogP) is 5.28. The van der Waals surface area contributed by atoms with Gasteiger partial charge in [0.25, 0.3) is 11.8 Å². The third-order valence-corrected chi connectivity index (χ3v) is 9.46. The highest BCUT2D eigenvalue weighted by Crippen LogP contribution is 2.56. The molecular weight excluding hydrogens is 671 g/mol. The first-order valence-electron chi connectivity index (χ1n) is 13.4. The number of halogens is 5. The van der Waals surface area contributed by atoms with Crippen LogP contribution < -0.4 is 9.75 Å². The van der Waals surface area contributed by atoms with Gasteiger partial charge < -0.3 is 9.84 Å². The molecule has 2 heterocycles. The lowest BCUT2D eigenvalue weighted by Crippen LogP contribution is -2.46. The van der Waals surface area contributed by atoms with E-state index < -0.39 is 64.7 Å². The number of allylic oxidation sites excluding steroid dienone is 6. The molecule has 4 atom stereocenters. The first-order chi connectivity index (χ1) is 20.7. The highest BCUT2D eigenvalue weighted by atomic mass is 79.9.